The minimum absolute atomic E-state index is 0.0518. The summed E-state index contributed by atoms with van der Waals surface area (Å²) in [5.41, 5.74) is 6.19. The van der Waals surface area contributed by atoms with E-state index in [0.717, 1.165) is 48.7 Å². The van der Waals surface area contributed by atoms with Crippen molar-refractivity contribution < 1.29 is 4.79 Å². The maximum Gasteiger partial charge on any atom is 0.255 e. The molecule has 4 nitrogen and oxygen atoms in total. The minimum atomic E-state index is -0.0518. The van der Waals surface area contributed by atoms with E-state index in [2.05, 4.69) is 54.2 Å². The number of benzene rings is 2. The van der Waals surface area contributed by atoms with Gasteiger partial charge in [0.15, 0.2) is 0 Å². The van der Waals surface area contributed by atoms with Crippen LogP contribution in [0.2, 0.25) is 0 Å². The van der Waals surface area contributed by atoms with Crippen LogP contribution >= 0.6 is 0 Å². The molecule has 3 rings (SSSR count). The van der Waals surface area contributed by atoms with Crippen LogP contribution in [0, 0.1) is 20.8 Å². The van der Waals surface area contributed by atoms with Gasteiger partial charge in [0.25, 0.3) is 5.91 Å². The zero-order valence-electron chi connectivity index (χ0n) is 15.6. The summed E-state index contributed by atoms with van der Waals surface area (Å²) < 4.78 is 0. The first-order valence-corrected chi connectivity index (χ1v) is 8.87. The van der Waals surface area contributed by atoms with Crippen LogP contribution in [-0.2, 0) is 0 Å². The van der Waals surface area contributed by atoms with Crippen LogP contribution in [0.3, 0.4) is 0 Å². The molecule has 4 heteroatoms. The van der Waals surface area contributed by atoms with Crippen LogP contribution in [-0.4, -0.2) is 44.0 Å². The Morgan fingerprint density at radius 3 is 2.32 bits per heavy atom. The molecule has 132 valence electrons. The van der Waals surface area contributed by atoms with Gasteiger partial charge in [-0.2, -0.15) is 0 Å². The summed E-state index contributed by atoms with van der Waals surface area (Å²) in [6.45, 7) is 10.2. The van der Waals surface area contributed by atoms with Gasteiger partial charge in [-0.3, -0.25) is 4.79 Å². The van der Waals surface area contributed by atoms with E-state index >= 15 is 0 Å². The fourth-order valence-electron chi connectivity index (χ4n) is 3.15. The highest BCUT2D eigenvalue weighted by molar-refractivity contribution is 6.06. The van der Waals surface area contributed by atoms with Crippen LogP contribution in [0.5, 0.6) is 0 Å². The van der Waals surface area contributed by atoms with Crippen molar-refractivity contribution in [1.29, 1.82) is 0 Å². The minimum Gasteiger partial charge on any atom is -0.367 e. The second-order valence-electron chi connectivity index (χ2n) is 7.06. The standard InChI is InChI=1S/C21H27N3O/c1-15-5-8-20(24-11-9-23(4)10-12-24)19(13-15)22-21(25)18-7-6-16(2)17(3)14-18/h5-8,13-14H,9-12H2,1-4H3,(H,22,25). The topological polar surface area (TPSA) is 35.6 Å². The molecule has 1 N–H and O–H groups in total. The van der Waals surface area contributed by atoms with Crippen molar-refractivity contribution in [2.75, 3.05) is 43.4 Å². The molecule has 0 atom stereocenters. The lowest BCUT2D eigenvalue weighted by molar-refractivity contribution is 0.102. The number of carbonyl (C=O) groups is 1. The second-order valence-corrected chi connectivity index (χ2v) is 7.06. The Balaban J connectivity index is 1.84. The van der Waals surface area contributed by atoms with Gasteiger partial charge < -0.3 is 15.1 Å². The maximum atomic E-state index is 12.7. The summed E-state index contributed by atoms with van der Waals surface area (Å²) in [5, 5.41) is 3.13. The highest BCUT2D eigenvalue weighted by atomic mass is 16.1. The molecule has 0 bridgehead atoms. The third-order valence-electron chi connectivity index (χ3n) is 5.01. The summed E-state index contributed by atoms with van der Waals surface area (Å²) in [5.74, 6) is -0.0518. The predicted molar refractivity (Wildman–Crippen MR) is 105 cm³/mol. The highest BCUT2D eigenvalue weighted by Gasteiger charge is 2.18. The van der Waals surface area contributed by atoms with Gasteiger partial charge in [0, 0.05) is 31.7 Å². The van der Waals surface area contributed by atoms with Gasteiger partial charge in [-0.25, -0.2) is 0 Å². The molecule has 2 aromatic rings. The predicted octanol–water partition coefficient (Wildman–Crippen LogP) is 3.62. The van der Waals surface area contributed by atoms with Gasteiger partial charge in [0.1, 0.15) is 0 Å². The van der Waals surface area contributed by atoms with Crippen molar-refractivity contribution in [3.8, 4) is 0 Å². The van der Waals surface area contributed by atoms with Gasteiger partial charge in [-0.1, -0.05) is 12.1 Å². The third kappa shape index (κ3) is 4.02. The fraction of sp³-hybridized carbons (Fsp3) is 0.381. The fourth-order valence-corrected chi connectivity index (χ4v) is 3.15. The molecular weight excluding hydrogens is 310 g/mol. The van der Waals surface area contributed by atoms with Crippen LogP contribution in [0.4, 0.5) is 11.4 Å². The van der Waals surface area contributed by atoms with Crippen molar-refractivity contribution in [3.05, 3.63) is 58.7 Å². The Morgan fingerprint density at radius 2 is 1.64 bits per heavy atom. The number of likely N-dealkylation sites (N-methyl/N-ethyl adjacent to an activating group) is 1. The van der Waals surface area contributed by atoms with Crippen LogP contribution in [0.25, 0.3) is 0 Å². The zero-order chi connectivity index (χ0) is 18.0. The quantitative estimate of drug-likeness (QED) is 0.929. The highest BCUT2D eigenvalue weighted by Crippen LogP contribution is 2.28. The molecule has 1 aliphatic heterocycles. The number of amides is 1. The summed E-state index contributed by atoms with van der Waals surface area (Å²) >= 11 is 0. The Labute approximate surface area is 150 Å². The average molecular weight is 337 g/mol. The van der Waals surface area contributed by atoms with Crippen molar-refractivity contribution in [2.45, 2.75) is 20.8 Å². The first kappa shape index (κ1) is 17.5. The number of rotatable bonds is 3. The van der Waals surface area contributed by atoms with Gasteiger partial charge >= 0.3 is 0 Å². The Morgan fingerprint density at radius 1 is 0.920 bits per heavy atom. The largest absolute Gasteiger partial charge is 0.367 e. The van der Waals surface area contributed by atoms with E-state index in [1.54, 1.807) is 0 Å². The maximum absolute atomic E-state index is 12.7. The molecule has 0 radical (unpaired) electrons. The molecule has 0 unspecified atom stereocenters. The van der Waals surface area contributed by atoms with E-state index in [9.17, 15) is 4.79 Å². The van der Waals surface area contributed by atoms with Crippen molar-refractivity contribution >= 4 is 17.3 Å². The van der Waals surface area contributed by atoms with E-state index in [1.165, 1.54) is 5.56 Å². The Bertz CT molecular complexity index is 777. The number of hydrogen-bond donors (Lipinski definition) is 1. The van der Waals surface area contributed by atoms with Crippen LogP contribution in [0.15, 0.2) is 36.4 Å². The molecule has 0 saturated carbocycles. The summed E-state index contributed by atoms with van der Waals surface area (Å²) in [6.07, 6.45) is 0. The number of nitrogens with zero attached hydrogens (tertiary/aromatic N) is 2. The van der Waals surface area contributed by atoms with Crippen molar-refractivity contribution in [1.82, 2.24) is 4.90 Å². The molecule has 25 heavy (non-hydrogen) atoms. The molecule has 1 amide bonds. The van der Waals surface area contributed by atoms with E-state index in [1.807, 2.05) is 25.1 Å². The van der Waals surface area contributed by atoms with Gasteiger partial charge in [-0.15, -0.1) is 0 Å². The Hall–Kier alpha value is -2.33. The molecular formula is C21H27N3O. The van der Waals surface area contributed by atoms with E-state index in [-0.39, 0.29) is 5.91 Å². The average Bonchev–Trinajstić information content (AvgIpc) is 2.58. The summed E-state index contributed by atoms with van der Waals surface area (Å²) in [7, 11) is 2.15. The molecule has 1 fully saturated rings. The molecule has 0 aromatic heterocycles. The van der Waals surface area contributed by atoms with Crippen LogP contribution < -0.4 is 10.2 Å². The van der Waals surface area contributed by atoms with E-state index in [4.69, 9.17) is 0 Å². The number of nitrogens with one attached hydrogen (secondary N) is 1. The third-order valence-corrected chi connectivity index (χ3v) is 5.01. The second kappa shape index (κ2) is 7.28. The lowest BCUT2D eigenvalue weighted by atomic mass is 10.1. The van der Waals surface area contributed by atoms with Crippen LogP contribution in [0.1, 0.15) is 27.0 Å². The number of carbonyl (C=O) groups excluding carboxylic acids is 1. The molecule has 1 heterocycles. The number of hydrogen-bond acceptors (Lipinski definition) is 3. The van der Waals surface area contributed by atoms with Gasteiger partial charge in [0.05, 0.1) is 11.4 Å². The smallest absolute Gasteiger partial charge is 0.255 e. The first-order chi connectivity index (χ1) is 11.9. The monoisotopic (exact) mass is 337 g/mol. The van der Waals surface area contributed by atoms with Crippen molar-refractivity contribution in [2.24, 2.45) is 0 Å². The summed E-state index contributed by atoms with van der Waals surface area (Å²) in [4.78, 5) is 17.4. The normalized spacial score (nSPS) is 15.3. The molecule has 2 aromatic carbocycles. The molecule has 0 spiro atoms. The lowest BCUT2D eigenvalue weighted by Crippen LogP contribution is -2.44. The van der Waals surface area contributed by atoms with Gasteiger partial charge in [0.2, 0.25) is 0 Å². The Kier molecular flexibility index (Phi) is 5.09. The number of anilines is 2. The molecule has 1 saturated heterocycles. The SMILES string of the molecule is Cc1ccc(N2CCN(C)CC2)c(NC(=O)c2ccc(C)c(C)c2)c1. The van der Waals surface area contributed by atoms with E-state index < -0.39 is 0 Å². The number of piperazine rings is 1. The van der Waals surface area contributed by atoms with Crippen molar-refractivity contribution in [3.63, 3.8) is 0 Å². The van der Waals surface area contributed by atoms with E-state index in [0.29, 0.717) is 5.56 Å². The summed E-state index contributed by atoms with van der Waals surface area (Å²) in [6, 6.07) is 12.1. The first-order valence-electron chi connectivity index (χ1n) is 8.87. The zero-order valence-corrected chi connectivity index (χ0v) is 15.6. The number of aryl methyl sites for hydroxylation is 3. The molecule has 0 aliphatic carbocycles. The lowest BCUT2D eigenvalue weighted by Gasteiger charge is -2.35. The molecule has 1 aliphatic rings. The van der Waals surface area contributed by atoms with Gasteiger partial charge in [-0.05, 0) is 68.8 Å².